The lowest BCUT2D eigenvalue weighted by Gasteiger charge is -2.21. The van der Waals surface area contributed by atoms with Crippen molar-refractivity contribution >= 4 is 17.5 Å². The summed E-state index contributed by atoms with van der Waals surface area (Å²) in [5.74, 6) is -0.00588. The summed E-state index contributed by atoms with van der Waals surface area (Å²) in [4.78, 5) is 28.0. The highest BCUT2D eigenvalue weighted by atomic mass is 16.2. The molecule has 3 aliphatic carbocycles. The van der Waals surface area contributed by atoms with Gasteiger partial charge in [0.2, 0.25) is 11.8 Å². The van der Waals surface area contributed by atoms with Crippen LogP contribution in [0.4, 0.5) is 5.69 Å². The SMILES string of the molecule is Cc1ccc(C)c(N2C(=O)[C@H]3[C@H](C2=O)[C@H]2C=C[C@H]3C2=C2CCCC2)c1. The van der Waals surface area contributed by atoms with Gasteiger partial charge < -0.3 is 0 Å². The molecular weight excluding hydrogens is 310 g/mol. The summed E-state index contributed by atoms with van der Waals surface area (Å²) in [7, 11) is 0. The van der Waals surface area contributed by atoms with Gasteiger partial charge in [0.15, 0.2) is 0 Å². The van der Waals surface area contributed by atoms with Gasteiger partial charge in [-0.25, -0.2) is 4.90 Å². The maximum absolute atomic E-state index is 13.3. The predicted molar refractivity (Wildman–Crippen MR) is 97.0 cm³/mol. The Morgan fingerprint density at radius 2 is 1.52 bits per heavy atom. The van der Waals surface area contributed by atoms with E-state index in [-0.39, 0.29) is 35.5 Å². The molecule has 2 bridgehead atoms. The summed E-state index contributed by atoms with van der Waals surface area (Å²) in [6.07, 6.45) is 9.22. The van der Waals surface area contributed by atoms with Gasteiger partial charge >= 0.3 is 0 Å². The zero-order valence-corrected chi connectivity index (χ0v) is 14.8. The highest BCUT2D eigenvalue weighted by Crippen LogP contribution is 2.58. The molecule has 3 heteroatoms. The number of imide groups is 1. The minimum absolute atomic E-state index is 0.0108. The maximum atomic E-state index is 13.3. The van der Waals surface area contributed by atoms with E-state index in [1.165, 1.54) is 28.9 Å². The Morgan fingerprint density at radius 3 is 2.12 bits per heavy atom. The topological polar surface area (TPSA) is 37.4 Å². The van der Waals surface area contributed by atoms with Gasteiger partial charge in [-0.2, -0.15) is 0 Å². The number of nitrogens with zero attached hydrogens (tertiary/aromatic N) is 1. The first kappa shape index (κ1) is 15.1. The van der Waals surface area contributed by atoms with Crippen molar-refractivity contribution in [1.82, 2.24) is 0 Å². The molecule has 1 heterocycles. The highest BCUT2D eigenvalue weighted by molar-refractivity contribution is 6.23. The molecule has 1 saturated heterocycles. The van der Waals surface area contributed by atoms with Crippen LogP contribution in [-0.2, 0) is 9.59 Å². The molecule has 5 rings (SSSR count). The van der Waals surface area contributed by atoms with Crippen molar-refractivity contribution in [1.29, 1.82) is 0 Å². The zero-order chi connectivity index (χ0) is 17.3. The largest absolute Gasteiger partial charge is 0.274 e. The summed E-state index contributed by atoms with van der Waals surface area (Å²) >= 11 is 0. The molecular formula is C22H23NO2. The van der Waals surface area contributed by atoms with Gasteiger partial charge in [-0.3, -0.25) is 9.59 Å². The van der Waals surface area contributed by atoms with Crippen LogP contribution in [0.5, 0.6) is 0 Å². The van der Waals surface area contributed by atoms with Gasteiger partial charge in [-0.1, -0.05) is 35.4 Å². The van der Waals surface area contributed by atoms with Crippen molar-refractivity contribution in [2.75, 3.05) is 4.90 Å². The van der Waals surface area contributed by atoms with Gasteiger partial charge in [0.05, 0.1) is 17.5 Å². The molecule has 3 nitrogen and oxygen atoms in total. The van der Waals surface area contributed by atoms with E-state index >= 15 is 0 Å². The van der Waals surface area contributed by atoms with Gasteiger partial charge in [0, 0.05) is 11.8 Å². The number of allylic oxidation sites excluding steroid dienone is 4. The standard InChI is InChI=1S/C22H23NO2/c1-12-7-8-13(2)17(11-12)23-21(24)19-15-9-10-16(20(19)22(23)25)18(15)14-5-3-4-6-14/h7-11,15-16,19-20H,3-6H2,1-2H3/t15-,16-,19+,20+/m0/s1. The molecule has 3 fully saturated rings. The fourth-order valence-electron chi connectivity index (χ4n) is 5.52. The summed E-state index contributed by atoms with van der Waals surface area (Å²) in [6.45, 7) is 3.98. The predicted octanol–water partition coefficient (Wildman–Crippen LogP) is 4.10. The third kappa shape index (κ3) is 1.92. The Hall–Kier alpha value is -2.16. The molecule has 0 aromatic heterocycles. The lowest BCUT2D eigenvalue weighted by molar-refractivity contribution is -0.122. The van der Waals surface area contributed by atoms with E-state index in [9.17, 15) is 9.59 Å². The number of carbonyl (C=O) groups excluding carboxylic acids is 2. The number of benzene rings is 1. The molecule has 128 valence electrons. The average Bonchev–Trinajstić information content (AvgIpc) is 3.33. The summed E-state index contributed by atoms with van der Waals surface area (Å²) in [6, 6.07) is 5.99. The third-order valence-corrected chi connectivity index (χ3v) is 6.64. The first-order chi connectivity index (χ1) is 12.1. The zero-order valence-electron chi connectivity index (χ0n) is 14.8. The molecule has 1 aromatic carbocycles. The first-order valence-electron chi connectivity index (χ1n) is 9.43. The van der Waals surface area contributed by atoms with Gasteiger partial charge in [0.25, 0.3) is 0 Å². The van der Waals surface area contributed by atoms with Gasteiger partial charge in [-0.15, -0.1) is 0 Å². The molecule has 0 spiro atoms. The van der Waals surface area contributed by atoms with Crippen LogP contribution in [0.2, 0.25) is 0 Å². The van der Waals surface area contributed by atoms with Gasteiger partial charge in [-0.05, 0) is 56.7 Å². The fourth-order valence-corrected chi connectivity index (χ4v) is 5.52. The Morgan fingerprint density at radius 1 is 0.920 bits per heavy atom. The molecule has 4 atom stereocenters. The number of anilines is 1. The van der Waals surface area contributed by atoms with E-state index in [4.69, 9.17) is 0 Å². The third-order valence-electron chi connectivity index (χ3n) is 6.64. The number of fused-ring (bicyclic) bond motifs is 5. The second-order valence-electron chi connectivity index (χ2n) is 8.06. The van der Waals surface area contributed by atoms with Crippen LogP contribution in [0.25, 0.3) is 0 Å². The lowest BCUT2D eigenvalue weighted by atomic mass is 9.85. The minimum Gasteiger partial charge on any atom is -0.274 e. The Bertz CT molecular complexity index is 821. The number of carbonyl (C=O) groups is 2. The maximum Gasteiger partial charge on any atom is 0.238 e. The Kier molecular flexibility index (Phi) is 3.13. The van der Waals surface area contributed by atoms with Crippen LogP contribution in [-0.4, -0.2) is 11.8 Å². The van der Waals surface area contributed by atoms with E-state index < -0.39 is 0 Å². The molecule has 25 heavy (non-hydrogen) atoms. The van der Waals surface area contributed by atoms with E-state index in [2.05, 4.69) is 12.2 Å². The molecule has 2 saturated carbocycles. The molecule has 1 aliphatic heterocycles. The molecule has 4 aliphatic rings. The average molecular weight is 333 g/mol. The number of hydrogen-bond acceptors (Lipinski definition) is 2. The van der Waals surface area contributed by atoms with Crippen molar-refractivity contribution in [3.63, 3.8) is 0 Å². The smallest absolute Gasteiger partial charge is 0.238 e. The van der Waals surface area contributed by atoms with Crippen LogP contribution in [0.3, 0.4) is 0 Å². The van der Waals surface area contributed by atoms with Crippen LogP contribution in [0, 0.1) is 37.5 Å². The summed E-state index contributed by atoms with van der Waals surface area (Å²) < 4.78 is 0. The minimum atomic E-state index is -0.175. The van der Waals surface area contributed by atoms with Crippen molar-refractivity contribution in [3.05, 3.63) is 52.6 Å². The monoisotopic (exact) mass is 333 g/mol. The number of rotatable bonds is 1. The van der Waals surface area contributed by atoms with Crippen LogP contribution in [0.15, 0.2) is 41.5 Å². The quantitative estimate of drug-likeness (QED) is 0.573. The van der Waals surface area contributed by atoms with Crippen molar-refractivity contribution in [3.8, 4) is 0 Å². The van der Waals surface area contributed by atoms with Crippen molar-refractivity contribution in [2.45, 2.75) is 39.5 Å². The lowest BCUT2D eigenvalue weighted by Crippen LogP contribution is -2.33. The van der Waals surface area contributed by atoms with Gasteiger partial charge in [0.1, 0.15) is 0 Å². The normalized spacial score (nSPS) is 33.1. The number of amides is 2. The Balaban J connectivity index is 1.57. The van der Waals surface area contributed by atoms with Crippen LogP contribution < -0.4 is 4.90 Å². The summed E-state index contributed by atoms with van der Waals surface area (Å²) in [5.41, 5.74) is 5.80. The molecule has 2 amide bonds. The number of aryl methyl sites for hydroxylation is 2. The molecule has 0 radical (unpaired) electrons. The second-order valence-corrected chi connectivity index (χ2v) is 8.06. The van der Waals surface area contributed by atoms with Crippen LogP contribution in [0.1, 0.15) is 36.8 Å². The fraction of sp³-hybridized carbons (Fsp3) is 0.455. The van der Waals surface area contributed by atoms with Crippen molar-refractivity contribution < 1.29 is 9.59 Å². The van der Waals surface area contributed by atoms with E-state index in [1.54, 1.807) is 0 Å². The van der Waals surface area contributed by atoms with E-state index in [0.29, 0.717) is 0 Å². The molecule has 0 unspecified atom stereocenters. The number of hydrogen-bond donors (Lipinski definition) is 0. The van der Waals surface area contributed by atoms with Crippen molar-refractivity contribution in [2.24, 2.45) is 23.7 Å². The second kappa shape index (κ2) is 5.17. The van der Waals surface area contributed by atoms with E-state index in [1.807, 2.05) is 32.0 Å². The summed E-state index contributed by atoms with van der Waals surface area (Å²) in [5, 5.41) is 0. The molecule has 0 N–H and O–H groups in total. The Labute approximate surface area is 148 Å². The first-order valence-corrected chi connectivity index (χ1v) is 9.43. The molecule has 1 aromatic rings. The van der Waals surface area contributed by atoms with E-state index in [0.717, 1.165) is 29.7 Å². The highest BCUT2D eigenvalue weighted by Gasteiger charge is 2.62. The van der Waals surface area contributed by atoms with Crippen LogP contribution >= 0.6 is 0 Å².